The zero-order valence-corrected chi connectivity index (χ0v) is 10.3. The first-order valence-corrected chi connectivity index (χ1v) is 5.91. The highest BCUT2D eigenvalue weighted by atomic mass is 16.6. The summed E-state index contributed by atoms with van der Waals surface area (Å²) in [7, 11) is 0. The van der Waals surface area contributed by atoms with E-state index in [4.69, 9.17) is 9.47 Å². The summed E-state index contributed by atoms with van der Waals surface area (Å²) in [5.41, 5.74) is 0.931. The number of fused-ring (bicyclic) bond motifs is 1. The molecule has 0 aliphatic carbocycles. The zero-order valence-electron chi connectivity index (χ0n) is 10.3. The van der Waals surface area contributed by atoms with E-state index in [0.717, 1.165) is 0 Å². The molecule has 2 aliphatic heterocycles. The lowest BCUT2D eigenvalue weighted by Crippen LogP contribution is -2.21. The van der Waals surface area contributed by atoms with Crippen LogP contribution in [0.25, 0.3) is 0 Å². The van der Waals surface area contributed by atoms with Gasteiger partial charge >= 0.3 is 0 Å². The molecule has 1 aromatic rings. The van der Waals surface area contributed by atoms with Crippen LogP contribution in [0.4, 0.5) is 5.69 Å². The fourth-order valence-corrected chi connectivity index (χ4v) is 1.93. The Hall–Kier alpha value is -2.83. The molecule has 1 aromatic carbocycles. The van der Waals surface area contributed by atoms with E-state index in [-0.39, 0.29) is 11.3 Å². The van der Waals surface area contributed by atoms with Gasteiger partial charge in [0.05, 0.1) is 11.1 Å². The molecule has 0 spiro atoms. The van der Waals surface area contributed by atoms with Crippen LogP contribution < -0.4 is 10.6 Å². The van der Waals surface area contributed by atoms with Crippen molar-refractivity contribution in [3.05, 3.63) is 41.3 Å². The monoisotopic (exact) mass is 274 g/mol. The van der Waals surface area contributed by atoms with Gasteiger partial charge in [-0.3, -0.25) is 19.7 Å². The number of ether oxygens (including phenoxy) is 2. The van der Waals surface area contributed by atoms with Gasteiger partial charge in [-0.1, -0.05) is 0 Å². The lowest BCUT2D eigenvalue weighted by molar-refractivity contribution is -0.117. The third-order valence-electron chi connectivity index (χ3n) is 2.87. The van der Waals surface area contributed by atoms with Crippen LogP contribution >= 0.6 is 0 Å². The molecule has 0 fully saturated rings. The van der Waals surface area contributed by atoms with Gasteiger partial charge < -0.3 is 14.8 Å². The van der Waals surface area contributed by atoms with Crippen molar-refractivity contribution in [1.29, 1.82) is 0 Å². The van der Waals surface area contributed by atoms with E-state index in [1.807, 2.05) is 0 Å². The molecule has 7 nitrogen and oxygen atoms in total. The van der Waals surface area contributed by atoms with Gasteiger partial charge in [0.1, 0.15) is 19.5 Å². The number of carbonyl (C=O) groups excluding carboxylic acids is 3. The molecule has 0 aromatic heterocycles. The molecule has 0 radical (unpaired) electrons. The molecule has 3 amide bonds. The molecule has 2 aliphatic rings. The molecule has 20 heavy (non-hydrogen) atoms. The number of hydrogen-bond donors (Lipinski definition) is 2. The van der Waals surface area contributed by atoms with Crippen molar-refractivity contribution in [3.63, 3.8) is 0 Å². The lowest BCUT2D eigenvalue weighted by atomic mass is 10.1. The van der Waals surface area contributed by atoms with E-state index in [0.29, 0.717) is 24.5 Å². The Morgan fingerprint density at radius 3 is 2.70 bits per heavy atom. The fourth-order valence-electron chi connectivity index (χ4n) is 1.93. The number of imide groups is 1. The Bertz CT molecular complexity index is 650. The number of hydrogen-bond acceptors (Lipinski definition) is 5. The van der Waals surface area contributed by atoms with Crippen LogP contribution in [0.3, 0.4) is 0 Å². The van der Waals surface area contributed by atoms with E-state index in [1.54, 1.807) is 6.07 Å². The van der Waals surface area contributed by atoms with Gasteiger partial charge in [-0.15, -0.1) is 0 Å². The molecule has 102 valence electrons. The summed E-state index contributed by atoms with van der Waals surface area (Å²) in [5, 5.41) is 4.75. The number of nitrogens with one attached hydrogen (secondary N) is 2. The number of amides is 3. The maximum Gasteiger partial charge on any atom is 0.294 e. The zero-order chi connectivity index (χ0) is 14.1. The summed E-state index contributed by atoms with van der Waals surface area (Å²) in [6.45, 7) is 0.707. The maximum absolute atomic E-state index is 11.9. The van der Waals surface area contributed by atoms with Gasteiger partial charge in [-0.2, -0.15) is 0 Å². The molecular formula is C13H10N2O5. The van der Waals surface area contributed by atoms with E-state index < -0.39 is 17.7 Å². The Kier molecular flexibility index (Phi) is 2.86. The minimum atomic E-state index is -0.477. The molecule has 0 atom stereocenters. The summed E-state index contributed by atoms with van der Waals surface area (Å²) < 4.78 is 10.1. The van der Waals surface area contributed by atoms with Crippen molar-refractivity contribution in [2.24, 2.45) is 0 Å². The summed E-state index contributed by atoms with van der Waals surface area (Å²) in [6.07, 6.45) is 1.24. The van der Waals surface area contributed by atoms with Crippen molar-refractivity contribution in [3.8, 4) is 0 Å². The van der Waals surface area contributed by atoms with Crippen LogP contribution in [0.2, 0.25) is 0 Å². The van der Waals surface area contributed by atoms with Gasteiger partial charge in [0.25, 0.3) is 17.7 Å². The molecule has 3 rings (SSSR count). The van der Waals surface area contributed by atoms with Crippen LogP contribution in [0.15, 0.2) is 30.2 Å². The Morgan fingerprint density at radius 2 is 1.95 bits per heavy atom. The van der Waals surface area contributed by atoms with Gasteiger partial charge in [-0.05, 0) is 18.2 Å². The van der Waals surface area contributed by atoms with E-state index in [9.17, 15) is 14.4 Å². The Morgan fingerprint density at radius 1 is 1.15 bits per heavy atom. The van der Waals surface area contributed by atoms with Crippen molar-refractivity contribution >= 4 is 23.4 Å². The van der Waals surface area contributed by atoms with E-state index >= 15 is 0 Å². The summed E-state index contributed by atoms with van der Waals surface area (Å²) in [6, 6.07) is 4.47. The van der Waals surface area contributed by atoms with E-state index in [2.05, 4.69) is 10.6 Å². The Balaban J connectivity index is 1.80. The first-order chi connectivity index (χ1) is 9.65. The van der Waals surface area contributed by atoms with Gasteiger partial charge in [0.15, 0.2) is 0 Å². The van der Waals surface area contributed by atoms with Gasteiger partial charge in [-0.25, -0.2) is 0 Å². The summed E-state index contributed by atoms with van der Waals surface area (Å²) in [5.74, 6) is -1.32. The predicted octanol–water partition coefficient (Wildman–Crippen LogP) is 0.397. The van der Waals surface area contributed by atoms with Gasteiger partial charge in [0.2, 0.25) is 5.76 Å². The standard InChI is InChI=1S/C13H10N2O5/c16-11-8-2-1-7(5-9(8)12(17)15-11)14-13(18)10-6-19-3-4-20-10/h1-2,5-6H,3-4H2,(H,14,18)(H,15,16,17). The second-order valence-corrected chi connectivity index (χ2v) is 4.20. The Labute approximate surface area is 113 Å². The molecule has 7 heteroatoms. The normalized spacial score (nSPS) is 16.5. The van der Waals surface area contributed by atoms with Crippen molar-refractivity contribution in [1.82, 2.24) is 5.32 Å². The number of benzene rings is 1. The van der Waals surface area contributed by atoms with Crippen LogP contribution in [0.1, 0.15) is 20.7 Å². The van der Waals surface area contributed by atoms with Crippen molar-refractivity contribution in [2.45, 2.75) is 0 Å². The molecule has 0 saturated carbocycles. The number of rotatable bonds is 2. The third-order valence-corrected chi connectivity index (χ3v) is 2.87. The first kappa shape index (κ1) is 12.2. The minimum Gasteiger partial charge on any atom is -0.494 e. The van der Waals surface area contributed by atoms with Crippen LogP contribution in [-0.4, -0.2) is 30.9 Å². The first-order valence-electron chi connectivity index (χ1n) is 5.91. The minimum absolute atomic E-state index is 0.0669. The number of anilines is 1. The molecule has 0 saturated heterocycles. The summed E-state index contributed by atoms with van der Waals surface area (Å²) >= 11 is 0. The van der Waals surface area contributed by atoms with E-state index in [1.165, 1.54) is 18.4 Å². The number of carbonyl (C=O) groups is 3. The van der Waals surface area contributed by atoms with Crippen LogP contribution in [-0.2, 0) is 14.3 Å². The highest BCUT2D eigenvalue weighted by Crippen LogP contribution is 2.21. The average Bonchev–Trinajstić information content (AvgIpc) is 2.75. The maximum atomic E-state index is 11.9. The highest BCUT2D eigenvalue weighted by Gasteiger charge is 2.27. The quantitative estimate of drug-likeness (QED) is 0.761. The van der Waals surface area contributed by atoms with Crippen molar-refractivity contribution < 1.29 is 23.9 Å². The predicted molar refractivity (Wildman–Crippen MR) is 66.9 cm³/mol. The molecular weight excluding hydrogens is 264 g/mol. The van der Waals surface area contributed by atoms with Gasteiger partial charge in [0, 0.05) is 5.69 Å². The van der Waals surface area contributed by atoms with Crippen LogP contribution in [0, 0.1) is 0 Å². The summed E-state index contributed by atoms with van der Waals surface area (Å²) in [4.78, 5) is 34.8. The third kappa shape index (κ3) is 2.09. The molecule has 0 bridgehead atoms. The molecule has 0 unspecified atom stereocenters. The molecule has 2 N–H and O–H groups in total. The highest BCUT2D eigenvalue weighted by molar-refractivity contribution is 6.22. The second kappa shape index (κ2) is 4.69. The smallest absolute Gasteiger partial charge is 0.294 e. The largest absolute Gasteiger partial charge is 0.494 e. The van der Waals surface area contributed by atoms with Crippen molar-refractivity contribution in [2.75, 3.05) is 18.5 Å². The average molecular weight is 274 g/mol. The SMILES string of the molecule is O=C(Nc1ccc2c(c1)C(=O)NC2=O)C1=COCCO1. The fraction of sp³-hybridized carbons (Fsp3) is 0.154. The van der Waals surface area contributed by atoms with Crippen LogP contribution in [0.5, 0.6) is 0 Å². The second-order valence-electron chi connectivity index (χ2n) is 4.20. The molecule has 2 heterocycles. The lowest BCUT2D eigenvalue weighted by Gasteiger charge is -2.15. The topological polar surface area (TPSA) is 93.7 Å².